The molecule has 0 spiro atoms. The van der Waals surface area contributed by atoms with Crippen molar-refractivity contribution in [2.75, 3.05) is 0 Å². The monoisotopic (exact) mass is 343 g/mol. The molecular weight excluding hydrogens is 329 g/mol. The van der Waals surface area contributed by atoms with Crippen LogP contribution < -0.4 is 5.73 Å². The fraction of sp³-hybridized carbons (Fsp3) is 0.429. The van der Waals surface area contributed by atoms with Gasteiger partial charge in [0, 0.05) is 9.92 Å². The first-order valence-electron chi connectivity index (χ1n) is 6.77. The molecule has 1 fully saturated rings. The van der Waals surface area contributed by atoms with Gasteiger partial charge >= 0.3 is 0 Å². The minimum atomic E-state index is -0.417. The van der Waals surface area contributed by atoms with Gasteiger partial charge in [-0.05, 0) is 31.0 Å². The van der Waals surface area contributed by atoms with Crippen molar-refractivity contribution >= 4 is 35.0 Å². The highest BCUT2D eigenvalue weighted by atomic mass is 35.5. The van der Waals surface area contributed by atoms with Gasteiger partial charge in [0.2, 0.25) is 5.89 Å². The van der Waals surface area contributed by atoms with Crippen LogP contribution >= 0.6 is 35.0 Å². The Morgan fingerprint density at radius 2 is 2.05 bits per heavy atom. The highest BCUT2D eigenvalue weighted by molar-refractivity contribution is 7.98. The summed E-state index contributed by atoms with van der Waals surface area (Å²) in [6.45, 7) is 0. The highest BCUT2D eigenvalue weighted by Gasteiger charge is 2.35. The molecule has 1 aliphatic rings. The van der Waals surface area contributed by atoms with E-state index in [9.17, 15) is 0 Å². The minimum absolute atomic E-state index is 0.417. The van der Waals surface area contributed by atoms with Crippen LogP contribution in [0.3, 0.4) is 0 Å². The number of hydrogen-bond donors (Lipinski definition) is 1. The van der Waals surface area contributed by atoms with Gasteiger partial charge in [0.25, 0.3) is 0 Å². The number of hydrogen-bond acceptors (Lipinski definition) is 5. The van der Waals surface area contributed by atoms with Crippen molar-refractivity contribution in [2.24, 2.45) is 5.73 Å². The lowest BCUT2D eigenvalue weighted by Gasteiger charge is -2.17. The molecule has 0 unspecified atom stereocenters. The van der Waals surface area contributed by atoms with Crippen LogP contribution in [0.1, 0.15) is 37.4 Å². The Morgan fingerprint density at radius 1 is 1.29 bits per heavy atom. The molecule has 3 rings (SSSR count). The summed E-state index contributed by atoms with van der Waals surface area (Å²) in [4.78, 5) is 5.33. The van der Waals surface area contributed by atoms with E-state index in [-0.39, 0.29) is 0 Å². The molecule has 1 aromatic heterocycles. The quantitative estimate of drug-likeness (QED) is 0.833. The molecule has 1 aromatic carbocycles. The summed E-state index contributed by atoms with van der Waals surface area (Å²) in [6.07, 6.45) is 4.07. The van der Waals surface area contributed by atoms with Crippen LogP contribution in [0.15, 0.2) is 27.6 Å². The first-order valence-corrected chi connectivity index (χ1v) is 8.51. The summed E-state index contributed by atoms with van der Waals surface area (Å²) in [6, 6.07) is 5.36. The van der Waals surface area contributed by atoms with Crippen LogP contribution in [0.5, 0.6) is 0 Å². The van der Waals surface area contributed by atoms with Gasteiger partial charge in [0.15, 0.2) is 5.82 Å². The number of halogens is 2. The number of nitrogens with zero attached hydrogens (tertiary/aromatic N) is 2. The summed E-state index contributed by atoms with van der Waals surface area (Å²) in [7, 11) is 0. The Hall–Kier alpha value is -0.750. The van der Waals surface area contributed by atoms with E-state index in [1.54, 1.807) is 12.1 Å². The maximum atomic E-state index is 6.31. The zero-order valence-electron chi connectivity index (χ0n) is 11.3. The number of nitrogens with two attached hydrogens (primary N) is 1. The molecule has 21 heavy (non-hydrogen) atoms. The number of rotatable bonds is 4. The molecule has 0 radical (unpaired) electrons. The zero-order chi connectivity index (χ0) is 14.9. The van der Waals surface area contributed by atoms with Crippen molar-refractivity contribution in [2.45, 2.75) is 41.9 Å². The fourth-order valence-corrected chi connectivity index (χ4v) is 3.80. The van der Waals surface area contributed by atoms with Crippen molar-refractivity contribution in [1.29, 1.82) is 0 Å². The van der Waals surface area contributed by atoms with Crippen LogP contribution in [0.25, 0.3) is 0 Å². The Labute approximate surface area is 137 Å². The molecule has 2 N–H and O–H groups in total. The van der Waals surface area contributed by atoms with E-state index in [0.29, 0.717) is 27.5 Å². The van der Waals surface area contributed by atoms with Crippen molar-refractivity contribution in [3.05, 3.63) is 40.0 Å². The SMILES string of the molecule is NC1(c2noc(CSc3cc(Cl)ccc3Cl)n2)CCCC1. The van der Waals surface area contributed by atoms with Gasteiger partial charge in [-0.25, -0.2) is 0 Å². The van der Waals surface area contributed by atoms with Crippen LogP contribution in [0.4, 0.5) is 0 Å². The second-order valence-corrected chi connectivity index (χ2v) is 7.10. The van der Waals surface area contributed by atoms with Gasteiger partial charge in [-0.1, -0.05) is 41.2 Å². The molecule has 0 atom stereocenters. The lowest BCUT2D eigenvalue weighted by atomic mass is 9.99. The average molecular weight is 344 g/mol. The Morgan fingerprint density at radius 3 is 2.81 bits per heavy atom. The molecular formula is C14H15Cl2N3OS. The Balaban J connectivity index is 1.69. The van der Waals surface area contributed by atoms with Crippen molar-refractivity contribution in [1.82, 2.24) is 10.1 Å². The largest absolute Gasteiger partial charge is 0.338 e. The van der Waals surface area contributed by atoms with E-state index >= 15 is 0 Å². The molecule has 7 heteroatoms. The number of benzene rings is 1. The van der Waals surface area contributed by atoms with Gasteiger partial charge < -0.3 is 10.3 Å². The summed E-state index contributed by atoms with van der Waals surface area (Å²) in [5.74, 6) is 1.72. The van der Waals surface area contributed by atoms with Gasteiger partial charge in [-0.2, -0.15) is 4.98 Å². The smallest absolute Gasteiger partial charge is 0.237 e. The fourth-order valence-electron chi connectivity index (χ4n) is 2.47. The minimum Gasteiger partial charge on any atom is -0.338 e. The third-order valence-electron chi connectivity index (χ3n) is 3.65. The first kappa shape index (κ1) is 15.2. The molecule has 1 heterocycles. The topological polar surface area (TPSA) is 64.9 Å². The van der Waals surface area contributed by atoms with Crippen molar-refractivity contribution in [3.8, 4) is 0 Å². The molecule has 0 bridgehead atoms. The summed E-state index contributed by atoms with van der Waals surface area (Å²) >= 11 is 13.6. The highest BCUT2D eigenvalue weighted by Crippen LogP contribution is 2.35. The van der Waals surface area contributed by atoms with Crippen molar-refractivity contribution < 1.29 is 4.52 Å². The van der Waals surface area contributed by atoms with E-state index < -0.39 is 5.54 Å². The second-order valence-electron chi connectivity index (χ2n) is 5.24. The number of thioether (sulfide) groups is 1. The Kier molecular flexibility index (Phi) is 4.45. The second kappa shape index (κ2) is 6.16. The average Bonchev–Trinajstić information content (AvgIpc) is 3.10. The maximum Gasteiger partial charge on any atom is 0.237 e. The summed E-state index contributed by atoms with van der Waals surface area (Å²) in [5, 5.41) is 5.35. The lowest BCUT2D eigenvalue weighted by molar-refractivity contribution is 0.355. The van der Waals surface area contributed by atoms with Crippen LogP contribution in [-0.2, 0) is 11.3 Å². The molecule has 112 valence electrons. The third kappa shape index (κ3) is 3.37. The van der Waals surface area contributed by atoms with E-state index in [2.05, 4.69) is 10.1 Å². The maximum absolute atomic E-state index is 6.31. The van der Waals surface area contributed by atoms with Crippen LogP contribution in [0.2, 0.25) is 10.0 Å². The van der Waals surface area contributed by atoms with Crippen LogP contribution in [-0.4, -0.2) is 10.1 Å². The molecule has 2 aromatic rings. The summed E-state index contributed by atoms with van der Waals surface area (Å²) < 4.78 is 5.30. The van der Waals surface area contributed by atoms with Gasteiger partial charge in [-0.3, -0.25) is 0 Å². The molecule has 0 aliphatic heterocycles. The van der Waals surface area contributed by atoms with E-state index in [0.717, 1.165) is 30.6 Å². The standard InChI is InChI=1S/C14H15Cl2N3OS/c15-9-3-4-10(16)11(7-9)21-8-12-18-13(19-20-12)14(17)5-1-2-6-14/h3-4,7H,1-2,5-6,8,17H2. The predicted octanol–water partition coefficient (Wildman–Crippen LogP) is 4.40. The molecule has 1 saturated carbocycles. The predicted molar refractivity (Wildman–Crippen MR) is 84.7 cm³/mol. The molecule has 0 saturated heterocycles. The van der Waals surface area contributed by atoms with E-state index in [4.69, 9.17) is 33.5 Å². The summed E-state index contributed by atoms with van der Waals surface area (Å²) in [5.41, 5.74) is 5.90. The molecule has 0 amide bonds. The normalized spacial score (nSPS) is 17.3. The van der Waals surface area contributed by atoms with E-state index in [1.807, 2.05) is 6.07 Å². The van der Waals surface area contributed by atoms with Crippen LogP contribution in [0, 0.1) is 0 Å². The Bertz CT molecular complexity index is 641. The van der Waals surface area contributed by atoms with Gasteiger partial charge in [-0.15, -0.1) is 11.8 Å². The van der Waals surface area contributed by atoms with E-state index in [1.165, 1.54) is 11.8 Å². The molecule has 4 nitrogen and oxygen atoms in total. The number of aromatic nitrogens is 2. The van der Waals surface area contributed by atoms with Gasteiger partial charge in [0.1, 0.15) is 0 Å². The zero-order valence-corrected chi connectivity index (χ0v) is 13.6. The lowest BCUT2D eigenvalue weighted by Crippen LogP contribution is -2.34. The molecule has 1 aliphatic carbocycles. The first-order chi connectivity index (χ1) is 10.1. The van der Waals surface area contributed by atoms with Crippen molar-refractivity contribution in [3.63, 3.8) is 0 Å². The third-order valence-corrected chi connectivity index (χ3v) is 5.37. The van der Waals surface area contributed by atoms with Gasteiger partial charge in [0.05, 0.1) is 16.3 Å².